The third-order valence-electron chi connectivity index (χ3n) is 4.21. The van der Waals surface area contributed by atoms with Gasteiger partial charge in [-0.25, -0.2) is 0 Å². The molecule has 3 nitrogen and oxygen atoms in total. The molecule has 0 saturated carbocycles. The van der Waals surface area contributed by atoms with Gasteiger partial charge in [0.1, 0.15) is 0 Å². The summed E-state index contributed by atoms with van der Waals surface area (Å²) in [5.41, 5.74) is 7.12. The highest BCUT2D eigenvalue weighted by Crippen LogP contribution is 2.38. The van der Waals surface area contributed by atoms with Crippen LogP contribution in [-0.2, 0) is 0 Å². The quantitative estimate of drug-likeness (QED) is 0.521. The van der Waals surface area contributed by atoms with E-state index in [0.717, 1.165) is 28.2 Å². The molecular weight excluding hydrogens is 306 g/mol. The maximum Gasteiger partial charge on any atom is 0.0986 e. The summed E-state index contributed by atoms with van der Waals surface area (Å²) in [7, 11) is 0. The highest BCUT2D eigenvalue weighted by molar-refractivity contribution is 5.91. The zero-order valence-electron chi connectivity index (χ0n) is 13.9. The Morgan fingerprint density at radius 2 is 1.24 bits per heavy atom. The number of hydrogen-bond donors (Lipinski definition) is 0. The summed E-state index contributed by atoms with van der Waals surface area (Å²) in [4.78, 5) is 13.7. The van der Waals surface area contributed by atoms with Crippen LogP contribution in [0.4, 0.5) is 0 Å². The van der Waals surface area contributed by atoms with Gasteiger partial charge in [0.15, 0.2) is 0 Å². The second kappa shape index (κ2) is 6.65. The van der Waals surface area contributed by atoms with E-state index in [9.17, 15) is 0 Å². The molecule has 0 saturated heterocycles. The maximum atomic E-state index is 4.64. The fraction of sp³-hybridized carbons (Fsp3) is 0.0455. The topological polar surface area (TPSA) is 38.7 Å². The lowest BCUT2D eigenvalue weighted by atomic mass is 9.92. The van der Waals surface area contributed by atoms with Crippen molar-refractivity contribution in [2.45, 2.75) is 6.92 Å². The summed E-state index contributed by atoms with van der Waals surface area (Å²) in [6.07, 6.45) is 5.45. The normalized spacial score (nSPS) is 10.6. The molecule has 4 aromatic rings. The summed E-state index contributed by atoms with van der Waals surface area (Å²) < 4.78 is 0. The Kier molecular flexibility index (Phi) is 4.05. The molecule has 0 aliphatic carbocycles. The predicted molar refractivity (Wildman–Crippen MR) is 101 cm³/mol. The molecule has 0 amide bonds. The lowest BCUT2D eigenvalue weighted by Gasteiger charge is -2.15. The van der Waals surface area contributed by atoms with E-state index in [0.29, 0.717) is 0 Å². The van der Waals surface area contributed by atoms with Crippen LogP contribution < -0.4 is 0 Å². The number of aryl methyl sites for hydroxylation is 1. The molecule has 3 heterocycles. The van der Waals surface area contributed by atoms with Crippen molar-refractivity contribution in [3.63, 3.8) is 0 Å². The fourth-order valence-corrected chi connectivity index (χ4v) is 3.03. The number of rotatable bonds is 3. The van der Waals surface area contributed by atoms with Crippen molar-refractivity contribution in [3.8, 4) is 33.8 Å². The molecule has 0 aliphatic rings. The van der Waals surface area contributed by atoms with Gasteiger partial charge >= 0.3 is 0 Å². The molecule has 25 heavy (non-hydrogen) atoms. The van der Waals surface area contributed by atoms with Gasteiger partial charge in [0.2, 0.25) is 0 Å². The third kappa shape index (κ3) is 2.92. The molecular formula is C22H17N3. The van der Waals surface area contributed by atoms with Gasteiger partial charge in [-0.05, 0) is 53.9 Å². The molecule has 0 bridgehead atoms. The van der Waals surface area contributed by atoms with E-state index in [1.807, 2.05) is 48.8 Å². The van der Waals surface area contributed by atoms with E-state index in [4.69, 9.17) is 0 Å². The first-order valence-corrected chi connectivity index (χ1v) is 8.22. The molecule has 0 unspecified atom stereocenters. The van der Waals surface area contributed by atoms with E-state index in [-0.39, 0.29) is 0 Å². The molecule has 3 aromatic heterocycles. The molecule has 0 N–H and O–H groups in total. The molecule has 0 atom stereocenters. The SMILES string of the molecule is Cc1ccccc1-c1ccnc(-c2ccccn2)c1-c1ccccn1. The molecule has 0 aliphatic heterocycles. The molecule has 120 valence electrons. The van der Waals surface area contributed by atoms with Crippen molar-refractivity contribution in [3.05, 3.63) is 90.9 Å². The molecule has 4 rings (SSSR count). The average Bonchev–Trinajstić information content (AvgIpc) is 2.69. The Balaban J connectivity index is 2.05. The van der Waals surface area contributed by atoms with E-state index >= 15 is 0 Å². The largest absolute Gasteiger partial charge is 0.256 e. The molecule has 3 heteroatoms. The zero-order chi connectivity index (χ0) is 17.1. The van der Waals surface area contributed by atoms with Crippen molar-refractivity contribution in [2.75, 3.05) is 0 Å². The maximum absolute atomic E-state index is 4.64. The van der Waals surface area contributed by atoms with E-state index in [1.54, 1.807) is 6.20 Å². The number of hydrogen-bond acceptors (Lipinski definition) is 3. The van der Waals surface area contributed by atoms with Crippen LogP contribution in [0.1, 0.15) is 5.56 Å². The van der Waals surface area contributed by atoms with Gasteiger partial charge in [-0.3, -0.25) is 15.0 Å². The summed E-state index contributed by atoms with van der Waals surface area (Å²) >= 11 is 0. The Bertz CT molecular complexity index is 996. The van der Waals surface area contributed by atoms with Gasteiger partial charge in [-0.1, -0.05) is 36.4 Å². The minimum atomic E-state index is 0.846. The van der Waals surface area contributed by atoms with Crippen molar-refractivity contribution >= 4 is 0 Å². The van der Waals surface area contributed by atoms with Crippen LogP contribution in [0.2, 0.25) is 0 Å². The van der Waals surface area contributed by atoms with Crippen LogP contribution >= 0.6 is 0 Å². The zero-order valence-corrected chi connectivity index (χ0v) is 13.9. The lowest BCUT2D eigenvalue weighted by Crippen LogP contribution is -1.97. The van der Waals surface area contributed by atoms with Crippen LogP contribution in [0.25, 0.3) is 33.8 Å². The smallest absolute Gasteiger partial charge is 0.0986 e. The number of benzene rings is 1. The monoisotopic (exact) mass is 323 g/mol. The van der Waals surface area contributed by atoms with Crippen LogP contribution in [0.5, 0.6) is 0 Å². The van der Waals surface area contributed by atoms with Gasteiger partial charge in [0.25, 0.3) is 0 Å². The second-order valence-electron chi connectivity index (χ2n) is 5.83. The third-order valence-corrected chi connectivity index (χ3v) is 4.21. The standard InChI is InChI=1S/C22H17N3/c1-16-8-2-3-9-17(16)18-12-15-25-22(20-11-5-7-14-24-20)21(18)19-10-4-6-13-23-19/h2-15H,1H3. The summed E-state index contributed by atoms with van der Waals surface area (Å²) in [5.74, 6) is 0. The van der Waals surface area contributed by atoms with Crippen LogP contribution in [0.15, 0.2) is 85.3 Å². The van der Waals surface area contributed by atoms with Crippen molar-refractivity contribution in [1.29, 1.82) is 0 Å². The number of aromatic nitrogens is 3. The van der Waals surface area contributed by atoms with Crippen molar-refractivity contribution in [2.24, 2.45) is 0 Å². The first-order chi connectivity index (χ1) is 12.3. The van der Waals surface area contributed by atoms with Gasteiger partial charge in [-0.15, -0.1) is 0 Å². The second-order valence-corrected chi connectivity index (χ2v) is 5.83. The van der Waals surface area contributed by atoms with Crippen molar-refractivity contribution < 1.29 is 0 Å². The summed E-state index contributed by atoms with van der Waals surface area (Å²) in [5, 5.41) is 0. The molecule has 1 aromatic carbocycles. The van der Waals surface area contributed by atoms with E-state index < -0.39 is 0 Å². The van der Waals surface area contributed by atoms with E-state index in [1.165, 1.54) is 11.1 Å². The van der Waals surface area contributed by atoms with Crippen LogP contribution in [-0.4, -0.2) is 15.0 Å². The number of nitrogens with zero attached hydrogens (tertiary/aromatic N) is 3. The van der Waals surface area contributed by atoms with Crippen molar-refractivity contribution in [1.82, 2.24) is 15.0 Å². The Morgan fingerprint density at radius 3 is 1.92 bits per heavy atom. The first-order valence-electron chi connectivity index (χ1n) is 8.22. The van der Waals surface area contributed by atoms with Gasteiger partial charge in [0.05, 0.1) is 17.1 Å². The fourth-order valence-electron chi connectivity index (χ4n) is 3.03. The van der Waals surface area contributed by atoms with E-state index in [2.05, 4.69) is 52.2 Å². The average molecular weight is 323 g/mol. The highest BCUT2D eigenvalue weighted by Gasteiger charge is 2.17. The number of pyridine rings is 3. The Morgan fingerprint density at radius 1 is 0.560 bits per heavy atom. The molecule has 0 spiro atoms. The van der Waals surface area contributed by atoms with Gasteiger partial charge < -0.3 is 0 Å². The Labute approximate surface area is 147 Å². The molecule has 0 fully saturated rings. The summed E-state index contributed by atoms with van der Waals surface area (Å²) in [6, 6.07) is 22.2. The Hall–Kier alpha value is -3.33. The van der Waals surface area contributed by atoms with Crippen LogP contribution in [0.3, 0.4) is 0 Å². The lowest BCUT2D eigenvalue weighted by molar-refractivity contribution is 1.23. The highest BCUT2D eigenvalue weighted by atomic mass is 14.8. The first kappa shape index (κ1) is 15.2. The molecule has 0 radical (unpaired) electrons. The van der Waals surface area contributed by atoms with Gasteiger partial charge in [-0.2, -0.15) is 0 Å². The summed E-state index contributed by atoms with van der Waals surface area (Å²) in [6.45, 7) is 2.12. The predicted octanol–water partition coefficient (Wildman–Crippen LogP) is 5.18. The van der Waals surface area contributed by atoms with Gasteiger partial charge in [0, 0.05) is 24.2 Å². The van der Waals surface area contributed by atoms with Crippen LogP contribution in [0, 0.1) is 6.92 Å². The minimum Gasteiger partial charge on any atom is -0.256 e. The minimum absolute atomic E-state index is 0.846.